The van der Waals surface area contributed by atoms with E-state index in [-0.39, 0.29) is 6.04 Å². The molecule has 0 saturated carbocycles. The van der Waals surface area contributed by atoms with Crippen molar-refractivity contribution in [3.63, 3.8) is 0 Å². The minimum absolute atomic E-state index is 0.0708. The number of fused-ring (bicyclic) bond motifs is 1. The Morgan fingerprint density at radius 2 is 1.93 bits per heavy atom. The van der Waals surface area contributed by atoms with E-state index in [0.29, 0.717) is 54.2 Å². The topological polar surface area (TPSA) is 100 Å². The highest BCUT2D eigenvalue weighted by atomic mass is 16.5. The summed E-state index contributed by atoms with van der Waals surface area (Å²) < 4.78 is 18.3. The van der Waals surface area contributed by atoms with E-state index in [1.54, 1.807) is 26.7 Å². The fraction of sp³-hybridized carbons (Fsp3) is 0.526. The highest BCUT2D eigenvalue weighted by molar-refractivity contribution is 5.89. The van der Waals surface area contributed by atoms with E-state index in [1.807, 2.05) is 11.5 Å². The van der Waals surface area contributed by atoms with Crippen LogP contribution in [0, 0.1) is 6.92 Å². The molecule has 0 aromatic carbocycles. The van der Waals surface area contributed by atoms with E-state index in [0.717, 1.165) is 18.7 Å². The van der Waals surface area contributed by atoms with Gasteiger partial charge in [0.15, 0.2) is 5.65 Å². The molecule has 1 fully saturated rings. The first-order chi connectivity index (χ1) is 14.1. The minimum Gasteiger partial charge on any atom is -0.480 e. The molecule has 0 aliphatic carbocycles. The summed E-state index contributed by atoms with van der Waals surface area (Å²) in [4.78, 5) is 25.2. The Morgan fingerprint density at radius 3 is 2.66 bits per heavy atom. The lowest BCUT2D eigenvalue weighted by Crippen LogP contribution is -2.37. The molecule has 0 bridgehead atoms. The van der Waals surface area contributed by atoms with Gasteiger partial charge in [0.2, 0.25) is 11.8 Å². The molecule has 10 heteroatoms. The average molecular weight is 399 g/mol. The first kappa shape index (κ1) is 19.5. The molecule has 0 spiro atoms. The van der Waals surface area contributed by atoms with Crippen molar-refractivity contribution in [2.24, 2.45) is 0 Å². The van der Waals surface area contributed by atoms with E-state index >= 15 is 0 Å². The van der Waals surface area contributed by atoms with Crippen molar-refractivity contribution < 1.29 is 14.2 Å². The van der Waals surface area contributed by atoms with Gasteiger partial charge in [-0.05, 0) is 13.8 Å². The quantitative estimate of drug-likeness (QED) is 0.612. The van der Waals surface area contributed by atoms with Crippen molar-refractivity contribution in [3.8, 4) is 17.1 Å². The van der Waals surface area contributed by atoms with Crippen LogP contribution in [-0.2, 0) is 9.47 Å². The largest absolute Gasteiger partial charge is 0.480 e. The van der Waals surface area contributed by atoms with Crippen LogP contribution in [0.25, 0.3) is 22.4 Å². The molecule has 4 rings (SSSR count). The maximum atomic E-state index is 5.51. The van der Waals surface area contributed by atoms with Gasteiger partial charge in [-0.15, -0.1) is 0 Å². The molecule has 1 unspecified atom stereocenters. The zero-order valence-corrected chi connectivity index (χ0v) is 17.1. The number of morpholine rings is 1. The summed E-state index contributed by atoms with van der Waals surface area (Å²) in [6.45, 7) is 7.19. The van der Waals surface area contributed by atoms with Crippen molar-refractivity contribution in [1.82, 2.24) is 29.5 Å². The summed E-state index contributed by atoms with van der Waals surface area (Å²) in [6, 6.07) is 0.0708. The Labute approximate surface area is 168 Å². The summed E-state index contributed by atoms with van der Waals surface area (Å²) in [5, 5.41) is 0. The van der Waals surface area contributed by atoms with E-state index in [4.69, 9.17) is 24.2 Å². The third-order valence-corrected chi connectivity index (χ3v) is 4.91. The molecule has 1 aliphatic rings. The van der Waals surface area contributed by atoms with Crippen molar-refractivity contribution in [2.45, 2.75) is 19.9 Å². The van der Waals surface area contributed by atoms with Gasteiger partial charge in [-0.25, -0.2) is 15.0 Å². The van der Waals surface area contributed by atoms with Crippen LogP contribution in [-0.4, -0.2) is 76.6 Å². The second-order valence-corrected chi connectivity index (χ2v) is 6.94. The lowest BCUT2D eigenvalue weighted by Gasteiger charge is -2.27. The number of imidazole rings is 1. The van der Waals surface area contributed by atoms with Crippen molar-refractivity contribution in [1.29, 1.82) is 0 Å². The molecular formula is C19H25N7O3. The van der Waals surface area contributed by atoms with E-state index < -0.39 is 0 Å². The number of aromatic nitrogens is 6. The van der Waals surface area contributed by atoms with Crippen LogP contribution >= 0.6 is 0 Å². The third-order valence-electron chi connectivity index (χ3n) is 4.91. The molecule has 10 nitrogen and oxygen atoms in total. The second-order valence-electron chi connectivity index (χ2n) is 6.94. The van der Waals surface area contributed by atoms with Gasteiger partial charge in [-0.2, -0.15) is 9.97 Å². The molecule has 4 heterocycles. The van der Waals surface area contributed by atoms with Crippen molar-refractivity contribution in [3.05, 3.63) is 18.3 Å². The molecule has 1 atom stereocenters. The summed E-state index contributed by atoms with van der Waals surface area (Å²) in [7, 11) is 3.27. The van der Waals surface area contributed by atoms with Gasteiger partial charge in [-0.1, -0.05) is 0 Å². The van der Waals surface area contributed by atoms with Gasteiger partial charge in [-0.3, -0.25) is 0 Å². The van der Waals surface area contributed by atoms with Crippen LogP contribution in [0.5, 0.6) is 5.88 Å². The van der Waals surface area contributed by atoms with Gasteiger partial charge in [0.1, 0.15) is 17.0 Å². The highest BCUT2D eigenvalue weighted by Gasteiger charge is 2.23. The Hall–Kier alpha value is -2.85. The first-order valence-electron chi connectivity index (χ1n) is 9.56. The standard InChI is InChI=1S/C19H25N7O3/c1-12(10-27-3)26-11-21-16-15(14-9-20-13(2)22-18(14)28-4)23-19(24-17(16)26)25-5-7-29-8-6-25/h9,11-12H,5-8,10H2,1-4H3. The molecule has 3 aromatic rings. The number of ether oxygens (including phenoxy) is 3. The summed E-state index contributed by atoms with van der Waals surface area (Å²) in [6.07, 6.45) is 3.50. The molecule has 3 aromatic heterocycles. The molecule has 0 amide bonds. The highest BCUT2D eigenvalue weighted by Crippen LogP contribution is 2.33. The van der Waals surface area contributed by atoms with Crippen LogP contribution in [0.1, 0.15) is 18.8 Å². The fourth-order valence-electron chi connectivity index (χ4n) is 3.41. The van der Waals surface area contributed by atoms with Gasteiger partial charge in [0.25, 0.3) is 0 Å². The maximum Gasteiger partial charge on any atom is 0.228 e. The van der Waals surface area contributed by atoms with Gasteiger partial charge in [0, 0.05) is 26.4 Å². The predicted molar refractivity (Wildman–Crippen MR) is 107 cm³/mol. The van der Waals surface area contributed by atoms with Crippen LogP contribution in [0.4, 0.5) is 5.95 Å². The van der Waals surface area contributed by atoms with E-state index in [9.17, 15) is 0 Å². The van der Waals surface area contributed by atoms with Crippen LogP contribution in [0.2, 0.25) is 0 Å². The number of aryl methyl sites for hydroxylation is 1. The minimum atomic E-state index is 0.0708. The van der Waals surface area contributed by atoms with Gasteiger partial charge >= 0.3 is 0 Å². The summed E-state index contributed by atoms with van der Waals surface area (Å²) >= 11 is 0. The van der Waals surface area contributed by atoms with Crippen LogP contribution < -0.4 is 9.64 Å². The van der Waals surface area contributed by atoms with E-state index in [2.05, 4.69) is 26.8 Å². The van der Waals surface area contributed by atoms with Crippen molar-refractivity contribution >= 4 is 17.1 Å². The molecule has 0 radical (unpaired) electrons. The van der Waals surface area contributed by atoms with Crippen LogP contribution in [0.15, 0.2) is 12.5 Å². The number of hydrogen-bond donors (Lipinski definition) is 0. The molecule has 1 saturated heterocycles. The normalized spacial score (nSPS) is 15.7. The van der Waals surface area contributed by atoms with Gasteiger partial charge < -0.3 is 23.7 Å². The predicted octanol–water partition coefficient (Wildman–Crippen LogP) is 1.64. The molecule has 1 aliphatic heterocycles. The smallest absolute Gasteiger partial charge is 0.228 e. The molecule has 29 heavy (non-hydrogen) atoms. The Bertz CT molecular complexity index is 1000. The number of nitrogens with zero attached hydrogens (tertiary/aromatic N) is 7. The maximum absolute atomic E-state index is 5.51. The fourth-order valence-corrected chi connectivity index (χ4v) is 3.41. The van der Waals surface area contributed by atoms with Gasteiger partial charge in [0.05, 0.1) is 44.9 Å². The molecular weight excluding hydrogens is 374 g/mol. The third kappa shape index (κ3) is 3.73. The first-order valence-corrected chi connectivity index (χ1v) is 9.56. The number of hydrogen-bond acceptors (Lipinski definition) is 9. The lowest BCUT2D eigenvalue weighted by atomic mass is 10.2. The van der Waals surface area contributed by atoms with Crippen molar-refractivity contribution in [2.75, 3.05) is 52.0 Å². The second kappa shape index (κ2) is 8.26. The zero-order chi connectivity index (χ0) is 20.4. The Kier molecular flexibility index (Phi) is 5.54. The lowest BCUT2D eigenvalue weighted by molar-refractivity contribution is 0.122. The number of anilines is 1. The summed E-state index contributed by atoms with van der Waals surface area (Å²) in [5.74, 6) is 1.72. The number of methoxy groups -OCH3 is 2. The molecule has 0 N–H and O–H groups in total. The van der Waals surface area contributed by atoms with Crippen LogP contribution in [0.3, 0.4) is 0 Å². The molecule has 154 valence electrons. The summed E-state index contributed by atoms with van der Waals surface area (Å²) in [5.41, 5.74) is 2.75. The Balaban J connectivity index is 1.92. The zero-order valence-electron chi connectivity index (χ0n) is 17.1. The Morgan fingerprint density at radius 1 is 1.14 bits per heavy atom. The monoisotopic (exact) mass is 399 g/mol. The van der Waals surface area contributed by atoms with E-state index in [1.165, 1.54) is 0 Å². The number of rotatable bonds is 6. The SMILES string of the molecule is COCC(C)n1cnc2c(-c3cnc(C)nc3OC)nc(N3CCOCC3)nc21. The average Bonchev–Trinajstić information content (AvgIpc) is 3.18.